The molecule has 0 atom stereocenters. The third kappa shape index (κ3) is 7.22. The summed E-state index contributed by atoms with van der Waals surface area (Å²) in [7, 11) is 5.75. The van der Waals surface area contributed by atoms with Crippen molar-refractivity contribution in [2.24, 2.45) is 0 Å². The van der Waals surface area contributed by atoms with Gasteiger partial charge >= 0.3 is 0 Å². The number of hydrogen-bond acceptors (Lipinski definition) is 9. The highest BCUT2D eigenvalue weighted by Crippen LogP contribution is 2.35. The van der Waals surface area contributed by atoms with Gasteiger partial charge in [-0.15, -0.1) is 0 Å². The van der Waals surface area contributed by atoms with E-state index in [9.17, 15) is 4.79 Å². The summed E-state index contributed by atoms with van der Waals surface area (Å²) in [5.74, 6) is 1.03. The summed E-state index contributed by atoms with van der Waals surface area (Å²) in [5, 5.41) is 7.18. The first kappa shape index (κ1) is 29.6. The van der Waals surface area contributed by atoms with Crippen LogP contribution in [0.5, 0.6) is 11.6 Å². The number of carbonyl (C=O) groups excluding carboxylic acids is 1. The third-order valence-corrected chi connectivity index (χ3v) is 7.21. The second kappa shape index (κ2) is 12.9. The van der Waals surface area contributed by atoms with E-state index in [1.807, 2.05) is 74.8 Å². The van der Waals surface area contributed by atoms with Gasteiger partial charge in [0, 0.05) is 37.3 Å². The molecule has 0 aliphatic heterocycles. The number of rotatable bonds is 11. The molecule has 1 aromatic carbocycles. The predicted molar refractivity (Wildman–Crippen MR) is 164 cm³/mol. The van der Waals surface area contributed by atoms with Gasteiger partial charge in [0.1, 0.15) is 24.6 Å². The molecule has 40 heavy (non-hydrogen) atoms. The van der Waals surface area contributed by atoms with Crippen molar-refractivity contribution >= 4 is 42.5 Å². The predicted octanol–water partition coefficient (Wildman–Crippen LogP) is 4.68. The summed E-state index contributed by atoms with van der Waals surface area (Å²) < 4.78 is 13.5. The van der Waals surface area contributed by atoms with Gasteiger partial charge in [0.05, 0.1) is 34.7 Å². The van der Waals surface area contributed by atoms with Crippen LogP contribution in [0.15, 0.2) is 60.8 Å². The Labute approximate surface area is 245 Å². The minimum absolute atomic E-state index is 0. The van der Waals surface area contributed by atoms with Crippen molar-refractivity contribution in [2.45, 2.75) is 31.8 Å². The molecular formula is C29H34N6O3S2. The van der Waals surface area contributed by atoms with Crippen LogP contribution in [0.2, 0.25) is 0 Å². The molecule has 0 spiro atoms. The zero-order valence-corrected chi connectivity index (χ0v) is 24.8. The van der Waals surface area contributed by atoms with Crippen LogP contribution in [0.25, 0.3) is 22.3 Å². The van der Waals surface area contributed by atoms with Crippen LogP contribution in [-0.4, -0.2) is 58.5 Å². The number of nitrogens with zero attached hydrogens (tertiary/aromatic N) is 4. The van der Waals surface area contributed by atoms with E-state index in [1.54, 1.807) is 18.3 Å². The molecule has 9 nitrogen and oxygen atoms in total. The molecule has 1 fully saturated rings. The van der Waals surface area contributed by atoms with Crippen LogP contribution in [0, 0.1) is 6.92 Å². The van der Waals surface area contributed by atoms with Crippen molar-refractivity contribution in [2.75, 3.05) is 27.7 Å². The number of hydrogen-bond donors (Lipinski definition) is 2. The number of aryl methyl sites for hydroxylation is 1. The Hall–Kier alpha value is -3.38. The standard InChI is InChI=1S/C29H32N6O3S.H2S/c1-19-8-9-20(14-26(19)38-39-35(3)4)28(36)32-17-22-15-25-21(16-31-22)10-11-24(33-25)23-6-5-7-27(34-23)37-18-29(30-2)12-13-29;/h5-11,14-16,30H,12-13,17-18H2,1-4H3,(H,32,36);1H2. The van der Waals surface area contributed by atoms with Crippen LogP contribution >= 0.6 is 25.7 Å². The SMILES string of the molecule is CNC1(COc2cccc(-c3ccc4cnc(CNC(=O)c5ccc(C)c(OSN(C)C)c5)cc4n3)n2)CC1.S. The maximum Gasteiger partial charge on any atom is 0.251 e. The summed E-state index contributed by atoms with van der Waals surface area (Å²) in [6.07, 6.45) is 4.00. The maximum absolute atomic E-state index is 12.8. The number of fused-ring (bicyclic) bond motifs is 1. The number of nitrogens with one attached hydrogen (secondary N) is 2. The number of likely N-dealkylation sites (N-methyl/N-ethyl adjacent to an activating group) is 1. The molecule has 1 saturated carbocycles. The number of pyridine rings is 3. The van der Waals surface area contributed by atoms with Gasteiger partial charge in [-0.3, -0.25) is 9.78 Å². The zero-order chi connectivity index (χ0) is 27.4. The van der Waals surface area contributed by atoms with E-state index in [1.165, 1.54) is 12.2 Å². The first-order valence-electron chi connectivity index (χ1n) is 12.8. The highest BCUT2D eigenvalue weighted by molar-refractivity contribution is 7.92. The van der Waals surface area contributed by atoms with E-state index >= 15 is 0 Å². The monoisotopic (exact) mass is 578 g/mol. The summed E-state index contributed by atoms with van der Waals surface area (Å²) in [6, 6.07) is 16.9. The van der Waals surface area contributed by atoms with Crippen molar-refractivity contribution < 1.29 is 13.7 Å². The zero-order valence-electron chi connectivity index (χ0n) is 23.0. The highest BCUT2D eigenvalue weighted by atomic mass is 32.2. The fourth-order valence-electron chi connectivity index (χ4n) is 3.98. The number of carbonyl (C=O) groups is 1. The third-order valence-electron chi connectivity index (χ3n) is 6.65. The van der Waals surface area contributed by atoms with E-state index in [0.717, 1.165) is 40.7 Å². The molecule has 5 rings (SSSR count). The van der Waals surface area contributed by atoms with Crippen LogP contribution in [0.3, 0.4) is 0 Å². The quantitative estimate of drug-likeness (QED) is 0.194. The van der Waals surface area contributed by atoms with Crippen LogP contribution < -0.4 is 19.6 Å². The first-order chi connectivity index (χ1) is 18.8. The topological polar surface area (TPSA) is 102 Å². The molecular weight excluding hydrogens is 544 g/mol. The van der Waals surface area contributed by atoms with Gasteiger partial charge in [0.15, 0.2) is 0 Å². The minimum atomic E-state index is -0.203. The molecule has 2 N–H and O–H groups in total. The van der Waals surface area contributed by atoms with E-state index < -0.39 is 0 Å². The molecule has 1 amide bonds. The van der Waals surface area contributed by atoms with Crippen molar-refractivity contribution in [3.05, 3.63) is 77.6 Å². The van der Waals surface area contributed by atoms with E-state index in [4.69, 9.17) is 13.9 Å². The van der Waals surface area contributed by atoms with Gasteiger partial charge in [0.2, 0.25) is 5.88 Å². The molecule has 4 aromatic rings. The van der Waals surface area contributed by atoms with Gasteiger partial charge in [0.25, 0.3) is 5.91 Å². The van der Waals surface area contributed by atoms with Crippen LogP contribution in [-0.2, 0) is 6.54 Å². The fourth-order valence-corrected chi connectivity index (χ4v) is 4.39. The van der Waals surface area contributed by atoms with Crippen molar-refractivity contribution in [1.29, 1.82) is 0 Å². The molecule has 0 radical (unpaired) electrons. The Bertz CT molecular complexity index is 1500. The second-order valence-corrected chi connectivity index (χ2v) is 10.9. The van der Waals surface area contributed by atoms with Crippen molar-refractivity contribution in [3.63, 3.8) is 0 Å². The van der Waals surface area contributed by atoms with Crippen LogP contribution in [0.1, 0.15) is 34.5 Å². The fraction of sp³-hybridized carbons (Fsp3) is 0.310. The van der Waals surface area contributed by atoms with Gasteiger partial charge in [-0.2, -0.15) is 13.5 Å². The van der Waals surface area contributed by atoms with E-state index in [0.29, 0.717) is 29.5 Å². The number of ether oxygens (including phenoxy) is 1. The first-order valence-corrected chi connectivity index (χ1v) is 13.5. The van der Waals surface area contributed by atoms with Gasteiger partial charge in [-0.1, -0.05) is 12.1 Å². The molecule has 1 aliphatic rings. The summed E-state index contributed by atoms with van der Waals surface area (Å²) in [4.78, 5) is 26.8. The second-order valence-electron chi connectivity index (χ2n) is 9.88. The molecule has 0 bridgehead atoms. The average Bonchev–Trinajstić information content (AvgIpc) is 3.74. The van der Waals surface area contributed by atoms with Crippen molar-refractivity contribution in [3.8, 4) is 23.0 Å². The molecule has 11 heteroatoms. The number of aromatic nitrogens is 3. The lowest BCUT2D eigenvalue weighted by Crippen LogP contribution is -2.34. The number of amides is 1. The van der Waals surface area contributed by atoms with E-state index in [-0.39, 0.29) is 31.5 Å². The number of benzene rings is 1. The summed E-state index contributed by atoms with van der Waals surface area (Å²) >= 11 is 1.21. The van der Waals surface area contributed by atoms with E-state index in [2.05, 4.69) is 20.6 Å². The molecule has 1 aliphatic carbocycles. The Morgan fingerprint density at radius 1 is 1.07 bits per heavy atom. The molecule has 0 unspecified atom stereocenters. The summed E-state index contributed by atoms with van der Waals surface area (Å²) in [6.45, 7) is 2.81. The molecule has 0 saturated heterocycles. The molecule has 210 valence electrons. The Balaban J connectivity index is 0.00000370. The Morgan fingerprint density at radius 2 is 1.88 bits per heavy atom. The van der Waals surface area contributed by atoms with Crippen LogP contribution in [0.4, 0.5) is 0 Å². The smallest absolute Gasteiger partial charge is 0.251 e. The highest BCUT2D eigenvalue weighted by Gasteiger charge is 2.42. The average molecular weight is 579 g/mol. The lowest BCUT2D eigenvalue weighted by atomic mass is 10.1. The minimum Gasteiger partial charge on any atom is -0.476 e. The van der Waals surface area contributed by atoms with Gasteiger partial charge in [-0.25, -0.2) is 14.3 Å². The lowest BCUT2D eigenvalue weighted by molar-refractivity contribution is 0.0950. The molecule has 3 aromatic heterocycles. The normalized spacial score (nSPS) is 13.5. The molecule has 3 heterocycles. The summed E-state index contributed by atoms with van der Waals surface area (Å²) in [5.41, 5.74) is 4.52. The van der Waals surface area contributed by atoms with Gasteiger partial charge < -0.3 is 19.6 Å². The Kier molecular flexibility index (Phi) is 9.52. The van der Waals surface area contributed by atoms with Crippen molar-refractivity contribution in [1.82, 2.24) is 29.9 Å². The largest absolute Gasteiger partial charge is 0.476 e. The van der Waals surface area contributed by atoms with Gasteiger partial charge in [-0.05, 0) is 68.8 Å². The maximum atomic E-state index is 12.8. The Morgan fingerprint density at radius 3 is 2.62 bits per heavy atom. The lowest BCUT2D eigenvalue weighted by Gasteiger charge is -2.15.